The molecule has 0 bridgehead atoms. The van der Waals surface area contributed by atoms with E-state index >= 15 is 0 Å². The van der Waals surface area contributed by atoms with Crippen LogP contribution in [0.2, 0.25) is 0 Å². The number of carbonyl (C=O) groups is 1. The number of amides is 1. The zero-order valence-electron chi connectivity index (χ0n) is 12.9. The summed E-state index contributed by atoms with van der Waals surface area (Å²) in [6.45, 7) is 5.11. The molecule has 2 rings (SSSR count). The maximum Gasteiger partial charge on any atom is 0.263 e. The van der Waals surface area contributed by atoms with Crippen LogP contribution in [0.1, 0.15) is 26.7 Å². The molecule has 0 saturated carbocycles. The fourth-order valence-corrected chi connectivity index (χ4v) is 3.15. The Morgan fingerprint density at radius 1 is 1.50 bits per heavy atom. The van der Waals surface area contributed by atoms with Gasteiger partial charge in [-0.05, 0) is 66.7 Å². The number of ether oxygens (including phenoxy) is 1. The Bertz CT molecular complexity index is 539. The van der Waals surface area contributed by atoms with E-state index in [0.717, 1.165) is 19.4 Å². The molecule has 4 nitrogen and oxygen atoms in total. The molecule has 1 aliphatic heterocycles. The standard InChI is InChI=1S/C16H22BrFN2O2/c1-10(19)12-4-3-7-20(9-12)16(21)11(2)22-15-6-5-13(18)8-14(15)17/h5-6,8,10-12H,3-4,7,9,19H2,1-2H3/t10-,11+,12-/m1/s1. The van der Waals surface area contributed by atoms with Gasteiger partial charge in [-0.15, -0.1) is 0 Å². The number of benzene rings is 1. The molecule has 1 saturated heterocycles. The molecule has 1 fully saturated rings. The van der Waals surface area contributed by atoms with Crippen LogP contribution in [0.25, 0.3) is 0 Å². The van der Waals surface area contributed by atoms with Gasteiger partial charge in [0.2, 0.25) is 0 Å². The van der Waals surface area contributed by atoms with Gasteiger partial charge < -0.3 is 15.4 Å². The number of halogens is 2. The first-order chi connectivity index (χ1) is 10.4. The van der Waals surface area contributed by atoms with E-state index in [1.807, 2.05) is 11.8 Å². The van der Waals surface area contributed by atoms with Crippen molar-refractivity contribution in [3.8, 4) is 5.75 Å². The first-order valence-electron chi connectivity index (χ1n) is 7.54. The van der Waals surface area contributed by atoms with Gasteiger partial charge in [-0.2, -0.15) is 0 Å². The van der Waals surface area contributed by atoms with Crippen molar-refractivity contribution >= 4 is 21.8 Å². The van der Waals surface area contributed by atoms with Crippen LogP contribution in [0.4, 0.5) is 4.39 Å². The Hall–Kier alpha value is -1.14. The molecule has 1 heterocycles. The van der Waals surface area contributed by atoms with Crippen molar-refractivity contribution in [2.45, 2.75) is 38.8 Å². The smallest absolute Gasteiger partial charge is 0.263 e. The molecule has 6 heteroatoms. The molecule has 1 aromatic carbocycles. The number of piperidine rings is 1. The topological polar surface area (TPSA) is 55.6 Å². The second-order valence-corrected chi connectivity index (χ2v) is 6.73. The average Bonchev–Trinajstić information content (AvgIpc) is 2.49. The summed E-state index contributed by atoms with van der Waals surface area (Å²) in [5.74, 6) is 0.390. The van der Waals surface area contributed by atoms with Gasteiger partial charge in [0, 0.05) is 19.1 Å². The molecule has 1 aliphatic rings. The first-order valence-corrected chi connectivity index (χ1v) is 8.34. The van der Waals surface area contributed by atoms with Gasteiger partial charge in [0.25, 0.3) is 5.91 Å². The summed E-state index contributed by atoms with van der Waals surface area (Å²) < 4.78 is 19.3. The van der Waals surface area contributed by atoms with Crippen LogP contribution in [0.15, 0.2) is 22.7 Å². The SMILES string of the molecule is C[C@H](Oc1ccc(F)cc1Br)C(=O)N1CCC[C@@H]([C@@H](C)N)C1. The second kappa shape index (κ2) is 7.42. The van der Waals surface area contributed by atoms with Gasteiger partial charge in [0.1, 0.15) is 11.6 Å². The molecule has 22 heavy (non-hydrogen) atoms. The maximum atomic E-state index is 13.1. The molecule has 0 spiro atoms. The predicted octanol–water partition coefficient (Wildman–Crippen LogP) is 2.94. The van der Waals surface area contributed by atoms with Gasteiger partial charge in [0.05, 0.1) is 4.47 Å². The highest BCUT2D eigenvalue weighted by Crippen LogP contribution is 2.27. The molecule has 3 atom stereocenters. The van der Waals surface area contributed by atoms with Gasteiger partial charge in [-0.3, -0.25) is 4.79 Å². The minimum Gasteiger partial charge on any atom is -0.480 e. The number of hydrogen-bond acceptors (Lipinski definition) is 3. The van der Waals surface area contributed by atoms with E-state index in [9.17, 15) is 9.18 Å². The zero-order valence-corrected chi connectivity index (χ0v) is 14.5. The minimum absolute atomic E-state index is 0.0541. The molecule has 0 radical (unpaired) electrons. The quantitative estimate of drug-likeness (QED) is 0.883. The molecule has 0 aliphatic carbocycles. The van der Waals surface area contributed by atoms with Gasteiger partial charge in [-0.25, -0.2) is 4.39 Å². The largest absolute Gasteiger partial charge is 0.480 e. The molecule has 0 unspecified atom stereocenters. The van der Waals surface area contributed by atoms with Crippen LogP contribution >= 0.6 is 15.9 Å². The van der Waals surface area contributed by atoms with Crippen molar-refractivity contribution in [1.29, 1.82) is 0 Å². The van der Waals surface area contributed by atoms with E-state index in [0.29, 0.717) is 22.7 Å². The third kappa shape index (κ3) is 4.20. The van der Waals surface area contributed by atoms with E-state index < -0.39 is 6.10 Å². The fraction of sp³-hybridized carbons (Fsp3) is 0.562. The Morgan fingerprint density at radius 3 is 2.86 bits per heavy atom. The van der Waals surface area contributed by atoms with Crippen LogP contribution in [0.3, 0.4) is 0 Å². The number of hydrogen-bond donors (Lipinski definition) is 1. The Morgan fingerprint density at radius 2 is 2.23 bits per heavy atom. The van der Waals surface area contributed by atoms with Crippen molar-refractivity contribution in [1.82, 2.24) is 4.90 Å². The molecular formula is C16H22BrFN2O2. The summed E-state index contributed by atoms with van der Waals surface area (Å²) >= 11 is 3.24. The number of nitrogens with zero attached hydrogens (tertiary/aromatic N) is 1. The van der Waals surface area contributed by atoms with Crippen molar-refractivity contribution < 1.29 is 13.9 Å². The van der Waals surface area contributed by atoms with Crippen molar-refractivity contribution in [2.24, 2.45) is 11.7 Å². The maximum absolute atomic E-state index is 13.1. The Labute approximate surface area is 138 Å². The van der Waals surface area contributed by atoms with Crippen molar-refractivity contribution in [3.05, 3.63) is 28.5 Å². The van der Waals surface area contributed by atoms with Crippen LogP contribution in [0.5, 0.6) is 5.75 Å². The molecule has 1 aromatic rings. The summed E-state index contributed by atoms with van der Waals surface area (Å²) in [7, 11) is 0. The molecule has 122 valence electrons. The van der Waals surface area contributed by atoms with E-state index in [1.165, 1.54) is 18.2 Å². The predicted molar refractivity (Wildman–Crippen MR) is 87.1 cm³/mol. The molecule has 2 N–H and O–H groups in total. The van der Waals surface area contributed by atoms with Gasteiger partial charge >= 0.3 is 0 Å². The number of nitrogens with two attached hydrogens (primary N) is 1. The van der Waals surface area contributed by atoms with Crippen LogP contribution < -0.4 is 10.5 Å². The number of likely N-dealkylation sites (tertiary alicyclic amines) is 1. The van der Waals surface area contributed by atoms with E-state index in [-0.39, 0.29) is 17.8 Å². The molecule has 0 aromatic heterocycles. The van der Waals surface area contributed by atoms with Gasteiger partial charge in [-0.1, -0.05) is 0 Å². The normalized spacial score (nSPS) is 21.3. The summed E-state index contributed by atoms with van der Waals surface area (Å²) in [6.07, 6.45) is 1.40. The Balaban J connectivity index is 1.99. The molecule has 1 amide bonds. The van der Waals surface area contributed by atoms with Gasteiger partial charge in [0.15, 0.2) is 6.10 Å². The summed E-state index contributed by atoms with van der Waals surface area (Å²) in [4.78, 5) is 14.3. The zero-order chi connectivity index (χ0) is 16.3. The minimum atomic E-state index is -0.617. The lowest BCUT2D eigenvalue weighted by Gasteiger charge is -2.35. The highest BCUT2D eigenvalue weighted by molar-refractivity contribution is 9.10. The monoisotopic (exact) mass is 372 g/mol. The average molecular weight is 373 g/mol. The van der Waals surface area contributed by atoms with E-state index in [1.54, 1.807) is 6.92 Å². The molecular weight excluding hydrogens is 351 g/mol. The van der Waals surface area contributed by atoms with Crippen LogP contribution in [-0.4, -0.2) is 36.0 Å². The van der Waals surface area contributed by atoms with Crippen molar-refractivity contribution in [3.63, 3.8) is 0 Å². The summed E-state index contributed by atoms with van der Waals surface area (Å²) in [6, 6.07) is 4.23. The summed E-state index contributed by atoms with van der Waals surface area (Å²) in [5.41, 5.74) is 5.95. The fourth-order valence-electron chi connectivity index (χ4n) is 2.71. The lowest BCUT2D eigenvalue weighted by Crippen LogP contribution is -2.48. The Kier molecular flexibility index (Phi) is 5.81. The highest BCUT2D eigenvalue weighted by atomic mass is 79.9. The summed E-state index contributed by atoms with van der Waals surface area (Å²) in [5, 5.41) is 0. The highest BCUT2D eigenvalue weighted by Gasteiger charge is 2.29. The second-order valence-electron chi connectivity index (χ2n) is 5.88. The number of rotatable bonds is 4. The van der Waals surface area contributed by atoms with Crippen LogP contribution in [-0.2, 0) is 4.79 Å². The lowest BCUT2D eigenvalue weighted by atomic mass is 9.92. The van der Waals surface area contributed by atoms with Crippen molar-refractivity contribution in [2.75, 3.05) is 13.1 Å². The van der Waals surface area contributed by atoms with Crippen LogP contribution in [0, 0.1) is 11.7 Å². The van der Waals surface area contributed by atoms with E-state index in [4.69, 9.17) is 10.5 Å². The third-order valence-corrected chi connectivity index (χ3v) is 4.68. The van der Waals surface area contributed by atoms with E-state index in [2.05, 4.69) is 15.9 Å². The third-order valence-electron chi connectivity index (χ3n) is 4.06. The lowest BCUT2D eigenvalue weighted by molar-refractivity contribution is -0.139. The first kappa shape index (κ1) is 17.2. The number of carbonyl (C=O) groups excluding carboxylic acids is 1.